The molecular weight excluding hydrogens is 454 g/mol. The number of para-hydroxylation sites is 1. The molecule has 1 N–H and O–H groups in total. The van der Waals surface area contributed by atoms with Crippen LogP contribution in [0.15, 0.2) is 24.3 Å². The molecule has 3 heterocycles. The summed E-state index contributed by atoms with van der Waals surface area (Å²) in [6, 6.07) is 7.91. The molecule has 0 radical (unpaired) electrons. The maximum Gasteiger partial charge on any atom is 0.407 e. The average molecular weight is 484 g/mol. The molecule has 0 spiro atoms. The number of aromatic nitrogens is 3. The van der Waals surface area contributed by atoms with E-state index in [1.54, 1.807) is 23.0 Å². The van der Waals surface area contributed by atoms with Crippen LogP contribution in [0, 0.1) is 29.4 Å². The molecule has 0 bridgehead atoms. The van der Waals surface area contributed by atoms with E-state index < -0.39 is 14.8 Å². The predicted octanol–water partition coefficient (Wildman–Crippen LogP) is 3.32. The monoisotopic (exact) mass is 483 g/mol. The van der Waals surface area contributed by atoms with Crippen LogP contribution < -0.4 is 5.32 Å². The van der Waals surface area contributed by atoms with Gasteiger partial charge in [0, 0.05) is 30.6 Å². The van der Waals surface area contributed by atoms with Crippen molar-refractivity contribution < 1.29 is 13.3 Å². The van der Waals surface area contributed by atoms with Gasteiger partial charge in [-0.1, -0.05) is 38.0 Å². The molecule has 0 saturated carbocycles. The summed E-state index contributed by atoms with van der Waals surface area (Å²) in [5, 5.41) is 16.5. The molecule has 0 amide bonds. The van der Waals surface area contributed by atoms with Crippen LogP contribution in [0.4, 0.5) is 5.82 Å². The Labute approximate surface area is 199 Å². The zero-order valence-corrected chi connectivity index (χ0v) is 20.4. The Morgan fingerprint density at radius 3 is 2.74 bits per heavy atom. The smallest absolute Gasteiger partial charge is 0.358 e. The number of nitrogens with zero attached hydrogens (tertiary/aromatic N) is 4. The first-order valence-electron chi connectivity index (χ1n) is 11.5. The first-order chi connectivity index (χ1) is 16.2. The maximum absolute atomic E-state index is 12.2. The van der Waals surface area contributed by atoms with Crippen LogP contribution in [0.3, 0.4) is 0 Å². The summed E-state index contributed by atoms with van der Waals surface area (Å²) in [7, 11) is -3.30. The second-order valence-corrected chi connectivity index (χ2v) is 11.2. The standard InChI is InChI=1S/C24H29N5O4S/c1-5-20-22(16(3)19-11-9-13-25-19)18-10-7-8-12-21(18)28(20)24-23(29(30)31)26-17(4)27(24)14-15-34(32,33)6-2/h1,7-8,10,12,16,19,25H,6,9,11,13-15H2,2-4H3. The van der Waals surface area contributed by atoms with Crippen LogP contribution in [0.1, 0.15) is 49.7 Å². The largest absolute Gasteiger partial charge is 0.407 e. The van der Waals surface area contributed by atoms with Gasteiger partial charge in [-0.15, -0.1) is 6.42 Å². The Kier molecular flexibility index (Phi) is 6.51. The predicted molar refractivity (Wildman–Crippen MR) is 132 cm³/mol. The number of hydrogen-bond acceptors (Lipinski definition) is 6. The topological polar surface area (TPSA) is 112 Å². The lowest BCUT2D eigenvalue weighted by molar-refractivity contribution is -0.389. The van der Waals surface area contributed by atoms with E-state index in [0.29, 0.717) is 11.5 Å². The summed E-state index contributed by atoms with van der Waals surface area (Å²) in [6.45, 7) is 6.34. The third-order valence-corrected chi connectivity index (χ3v) is 8.46. The van der Waals surface area contributed by atoms with Crippen molar-refractivity contribution in [2.24, 2.45) is 0 Å². The number of nitrogens with one attached hydrogen (secondary N) is 1. The van der Waals surface area contributed by atoms with Gasteiger partial charge in [-0.05, 0) is 46.8 Å². The van der Waals surface area contributed by atoms with E-state index in [1.165, 1.54) is 0 Å². The van der Waals surface area contributed by atoms with Crippen molar-refractivity contribution in [3.63, 3.8) is 0 Å². The number of sulfone groups is 1. The molecule has 1 aromatic carbocycles. The minimum absolute atomic E-state index is 0.00369. The molecule has 10 heteroatoms. The SMILES string of the molecule is C#Cc1c(C(C)C2CCCN2)c2ccccc2n1-c1c([N+](=O)[O-])nc(C)n1CCS(=O)(=O)CC. The molecule has 1 aliphatic heterocycles. The molecule has 9 nitrogen and oxygen atoms in total. The minimum atomic E-state index is -3.30. The van der Waals surface area contributed by atoms with Gasteiger partial charge in [0.1, 0.15) is 5.69 Å². The fourth-order valence-electron chi connectivity index (χ4n) is 4.95. The van der Waals surface area contributed by atoms with Crippen molar-refractivity contribution >= 4 is 26.6 Å². The van der Waals surface area contributed by atoms with Crippen LogP contribution in [-0.2, 0) is 16.4 Å². The van der Waals surface area contributed by atoms with Gasteiger partial charge in [0.25, 0.3) is 0 Å². The first kappa shape index (κ1) is 24.0. The van der Waals surface area contributed by atoms with Crippen molar-refractivity contribution in [3.05, 3.63) is 51.5 Å². The number of rotatable bonds is 8. The van der Waals surface area contributed by atoms with Gasteiger partial charge in [-0.3, -0.25) is 9.13 Å². The van der Waals surface area contributed by atoms with Gasteiger partial charge >= 0.3 is 5.82 Å². The molecule has 34 heavy (non-hydrogen) atoms. The zero-order valence-electron chi connectivity index (χ0n) is 19.6. The number of terminal acetylenes is 1. The van der Waals surface area contributed by atoms with Crippen LogP contribution in [-0.4, -0.2) is 51.6 Å². The highest BCUT2D eigenvalue weighted by Gasteiger charge is 2.34. The Morgan fingerprint density at radius 1 is 1.38 bits per heavy atom. The van der Waals surface area contributed by atoms with E-state index in [4.69, 9.17) is 6.42 Å². The van der Waals surface area contributed by atoms with Crippen molar-refractivity contribution in [3.8, 4) is 18.2 Å². The first-order valence-corrected chi connectivity index (χ1v) is 13.3. The molecule has 4 rings (SSSR count). The lowest BCUT2D eigenvalue weighted by atomic mass is 9.90. The number of fused-ring (bicyclic) bond motifs is 1. The molecule has 3 aromatic rings. The Balaban J connectivity index is 2.01. The average Bonchev–Trinajstić information content (AvgIpc) is 3.53. The molecular formula is C24H29N5O4S. The van der Waals surface area contributed by atoms with Crippen molar-refractivity contribution in [1.82, 2.24) is 19.4 Å². The molecule has 2 unspecified atom stereocenters. The quantitative estimate of drug-likeness (QED) is 0.299. The second-order valence-electron chi connectivity index (χ2n) is 8.70. The molecule has 1 fully saturated rings. The molecule has 2 atom stereocenters. The van der Waals surface area contributed by atoms with Gasteiger partial charge in [-0.2, -0.15) is 0 Å². The fourth-order valence-corrected chi connectivity index (χ4v) is 5.70. The molecule has 1 saturated heterocycles. The van der Waals surface area contributed by atoms with Crippen LogP contribution >= 0.6 is 0 Å². The summed E-state index contributed by atoms with van der Waals surface area (Å²) in [5.41, 5.74) is 2.22. The van der Waals surface area contributed by atoms with E-state index in [-0.39, 0.29) is 41.6 Å². The molecule has 2 aromatic heterocycles. The highest BCUT2D eigenvalue weighted by Crippen LogP contribution is 2.39. The van der Waals surface area contributed by atoms with Gasteiger partial charge in [0.05, 0.1) is 11.3 Å². The van der Waals surface area contributed by atoms with E-state index in [2.05, 4.69) is 23.1 Å². The number of imidazole rings is 1. The summed E-state index contributed by atoms with van der Waals surface area (Å²) in [6.07, 6.45) is 8.16. The Hall–Kier alpha value is -3.16. The van der Waals surface area contributed by atoms with Crippen LogP contribution in [0.25, 0.3) is 16.7 Å². The minimum Gasteiger partial charge on any atom is -0.358 e. The number of nitro groups is 1. The van der Waals surface area contributed by atoms with E-state index in [9.17, 15) is 18.5 Å². The summed E-state index contributed by atoms with van der Waals surface area (Å²) in [4.78, 5) is 15.7. The summed E-state index contributed by atoms with van der Waals surface area (Å²) in [5.74, 6) is 2.93. The fraction of sp³-hybridized carbons (Fsp3) is 0.458. The van der Waals surface area contributed by atoms with E-state index >= 15 is 0 Å². The summed E-state index contributed by atoms with van der Waals surface area (Å²) >= 11 is 0. The van der Waals surface area contributed by atoms with E-state index in [1.807, 2.05) is 24.3 Å². The molecule has 0 aliphatic carbocycles. The Bertz CT molecular complexity index is 1390. The second kappa shape index (κ2) is 9.24. The van der Waals surface area contributed by atoms with Gasteiger partial charge in [-0.25, -0.2) is 8.42 Å². The zero-order chi connectivity index (χ0) is 24.6. The number of aryl methyl sites for hydroxylation is 1. The highest BCUT2D eigenvalue weighted by atomic mass is 32.2. The maximum atomic E-state index is 12.2. The van der Waals surface area contributed by atoms with Crippen molar-refractivity contribution in [2.75, 3.05) is 18.1 Å². The number of hydrogen-bond donors (Lipinski definition) is 1. The van der Waals surface area contributed by atoms with Gasteiger partial charge < -0.3 is 15.4 Å². The summed E-state index contributed by atoms with van der Waals surface area (Å²) < 4.78 is 27.8. The normalized spacial score (nSPS) is 17.2. The van der Waals surface area contributed by atoms with Gasteiger partial charge in [0.2, 0.25) is 11.6 Å². The van der Waals surface area contributed by atoms with Gasteiger partial charge in [0.15, 0.2) is 9.84 Å². The third-order valence-electron chi connectivity index (χ3n) is 6.77. The lowest BCUT2D eigenvalue weighted by Crippen LogP contribution is -2.27. The molecule has 180 valence electrons. The number of benzene rings is 1. The van der Waals surface area contributed by atoms with Crippen molar-refractivity contribution in [1.29, 1.82) is 0 Å². The molecule has 1 aliphatic rings. The highest BCUT2D eigenvalue weighted by molar-refractivity contribution is 7.91. The van der Waals surface area contributed by atoms with Crippen LogP contribution in [0.2, 0.25) is 0 Å². The lowest BCUT2D eigenvalue weighted by Gasteiger charge is -2.20. The third kappa shape index (κ3) is 4.10. The van der Waals surface area contributed by atoms with Crippen LogP contribution in [0.5, 0.6) is 0 Å². The Morgan fingerprint density at radius 2 is 2.12 bits per heavy atom. The van der Waals surface area contributed by atoms with Crippen molar-refractivity contribution in [2.45, 2.75) is 52.1 Å². The van der Waals surface area contributed by atoms with E-state index in [0.717, 1.165) is 35.9 Å².